The van der Waals surface area contributed by atoms with Gasteiger partial charge in [0.05, 0.1) is 5.02 Å². The lowest BCUT2D eigenvalue weighted by Gasteiger charge is -2.10. The third kappa shape index (κ3) is 3.67. The van der Waals surface area contributed by atoms with Crippen molar-refractivity contribution in [2.45, 2.75) is 0 Å². The Morgan fingerprint density at radius 2 is 1.65 bits per heavy atom. The second-order valence-electron chi connectivity index (χ2n) is 6.82. The number of para-hydroxylation sites is 1. The number of rotatable bonds is 3. The molecule has 0 saturated carbocycles. The average molecular weight is 512 g/mol. The van der Waals surface area contributed by atoms with Gasteiger partial charge in [0.2, 0.25) is 0 Å². The summed E-state index contributed by atoms with van der Waals surface area (Å²) in [5.74, 6) is 0.963. The van der Waals surface area contributed by atoms with Gasteiger partial charge in [-0.05, 0) is 42.5 Å². The second kappa shape index (κ2) is 7.96. The average Bonchev–Trinajstić information content (AvgIpc) is 3.15. The fraction of sp³-hybridized carbons (Fsp3) is 0. The molecular weight excluding hydrogens is 499 g/mol. The molecule has 0 aliphatic rings. The molecular formula is C23H13BrCl2N4O. The maximum absolute atomic E-state index is 13.0. The van der Waals surface area contributed by atoms with Gasteiger partial charge in [0.1, 0.15) is 11.6 Å². The number of imidazole rings is 1. The standard InChI is InChI=1S/C23H13BrCl2N4O/c24-14-8-6-13(7-9-14)21-27-19-22(30(21)16-4-2-1-3-5-16)28-20(29-23(19)31)17-11-10-15(25)12-18(17)26/h1-12H,(H,28,29,31). The summed E-state index contributed by atoms with van der Waals surface area (Å²) >= 11 is 15.8. The molecule has 5 nitrogen and oxygen atoms in total. The van der Waals surface area contributed by atoms with Crippen LogP contribution in [0, 0.1) is 0 Å². The second-order valence-corrected chi connectivity index (χ2v) is 8.58. The van der Waals surface area contributed by atoms with E-state index in [1.165, 1.54) is 0 Å². The van der Waals surface area contributed by atoms with Crippen molar-refractivity contribution in [3.63, 3.8) is 0 Å². The molecule has 0 unspecified atom stereocenters. The predicted octanol–water partition coefficient (Wildman–Crippen LogP) is 6.51. The van der Waals surface area contributed by atoms with E-state index in [2.05, 4.69) is 25.9 Å². The van der Waals surface area contributed by atoms with E-state index in [1.54, 1.807) is 18.2 Å². The van der Waals surface area contributed by atoms with E-state index >= 15 is 0 Å². The van der Waals surface area contributed by atoms with Crippen LogP contribution in [0.25, 0.3) is 39.6 Å². The molecule has 0 spiro atoms. The Labute approximate surface area is 195 Å². The Balaban J connectivity index is 1.84. The van der Waals surface area contributed by atoms with Crippen LogP contribution in [0.5, 0.6) is 0 Å². The topological polar surface area (TPSA) is 63.6 Å². The van der Waals surface area contributed by atoms with Crippen molar-refractivity contribution in [2.75, 3.05) is 0 Å². The van der Waals surface area contributed by atoms with Gasteiger partial charge in [0.25, 0.3) is 5.56 Å². The van der Waals surface area contributed by atoms with Gasteiger partial charge in [-0.1, -0.05) is 69.5 Å². The Bertz CT molecular complexity index is 1480. The SMILES string of the molecule is O=c1[nH]c(-c2ccc(Cl)cc2Cl)nc2c1nc(-c1ccc(Br)cc1)n2-c1ccccc1. The van der Waals surface area contributed by atoms with Gasteiger partial charge in [-0.3, -0.25) is 9.36 Å². The van der Waals surface area contributed by atoms with Crippen LogP contribution in [0.3, 0.4) is 0 Å². The van der Waals surface area contributed by atoms with E-state index in [9.17, 15) is 4.79 Å². The van der Waals surface area contributed by atoms with E-state index in [4.69, 9.17) is 28.2 Å². The zero-order chi connectivity index (χ0) is 21.5. The minimum Gasteiger partial charge on any atom is -0.304 e. The van der Waals surface area contributed by atoms with E-state index < -0.39 is 0 Å². The highest BCUT2D eigenvalue weighted by atomic mass is 79.9. The molecule has 0 saturated heterocycles. The highest BCUT2D eigenvalue weighted by molar-refractivity contribution is 9.10. The first-order valence-corrected chi connectivity index (χ1v) is 10.9. The molecule has 1 N–H and O–H groups in total. The molecule has 3 aromatic carbocycles. The minimum atomic E-state index is -0.348. The maximum Gasteiger partial charge on any atom is 0.279 e. The Hall–Kier alpha value is -2.93. The fourth-order valence-corrected chi connectivity index (χ4v) is 4.15. The van der Waals surface area contributed by atoms with E-state index in [1.807, 2.05) is 59.2 Å². The number of hydrogen-bond donors (Lipinski definition) is 1. The molecule has 5 aromatic rings. The summed E-state index contributed by atoms with van der Waals surface area (Å²) in [5.41, 5.74) is 2.62. The summed E-state index contributed by atoms with van der Waals surface area (Å²) in [6.07, 6.45) is 0. The van der Waals surface area contributed by atoms with Crippen molar-refractivity contribution in [1.82, 2.24) is 19.5 Å². The first-order chi connectivity index (χ1) is 15.0. The first kappa shape index (κ1) is 20.0. The van der Waals surface area contributed by atoms with Crippen LogP contribution in [0.4, 0.5) is 0 Å². The van der Waals surface area contributed by atoms with Crippen LogP contribution < -0.4 is 5.56 Å². The van der Waals surface area contributed by atoms with Gasteiger partial charge in [-0.25, -0.2) is 9.97 Å². The predicted molar refractivity (Wildman–Crippen MR) is 128 cm³/mol. The van der Waals surface area contributed by atoms with Gasteiger partial charge >= 0.3 is 0 Å². The van der Waals surface area contributed by atoms with Crippen molar-refractivity contribution in [2.24, 2.45) is 0 Å². The summed E-state index contributed by atoms with van der Waals surface area (Å²) in [5, 5.41) is 0.901. The molecule has 0 amide bonds. The van der Waals surface area contributed by atoms with Crippen LogP contribution >= 0.6 is 39.1 Å². The number of aromatic amines is 1. The third-order valence-corrected chi connectivity index (χ3v) is 5.90. The van der Waals surface area contributed by atoms with E-state index in [0.717, 1.165) is 15.7 Å². The minimum absolute atomic E-state index is 0.246. The molecule has 0 aliphatic carbocycles. The highest BCUT2D eigenvalue weighted by Crippen LogP contribution is 2.31. The van der Waals surface area contributed by atoms with Crippen LogP contribution in [0.15, 0.2) is 82.1 Å². The third-order valence-electron chi connectivity index (χ3n) is 4.82. The molecule has 152 valence electrons. The van der Waals surface area contributed by atoms with Crippen LogP contribution in [0.2, 0.25) is 10.0 Å². The molecule has 0 aliphatic heterocycles. The van der Waals surface area contributed by atoms with Gasteiger partial charge in [-0.15, -0.1) is 0 Å². The zero-order valence-corrected chi connectivity index (χ0v) is 18.9. The quantitative estimate of drug-likeness (QED) is 0.300. The number of nitrogens with zero attached hydrogens (tertiary/aromatic N) is 3. The van der Waals surface area contributed by atoms with Crippen LogP contribution in [-0.4, -0.2) is 19.5 Å². The zero-order valence-electron chi connectivity index (χ0n) is 15.8. The Kier molecular flexibility index (Phi) is 5.14. The molecule has 8 heteroatoms. The first-order valence-electron chi connectivity index (χ1n) is 9.31. The van der Waals surface area contributed by atoms with E-state index in [-0.39, 0.29) is 11.1 Å². The Morgan fingerprint density at radius 3 is 2.35 bits per heavy atom. The Morgan fingerprint density at radius 1 is 0.903 bits per heavy atom. The lowest BCUT2D eigenvalue weighted by molar-refractivity contribution is 1.07. The summed E-state index contributed by atoms with van der Waals surface area (Å²) in [7, 11) is 0. The van der Waals surface area contributed by atoms with Gasteiger partial charge in [-0.2, -0.15) is 0 Å². The van der Waals surface area contributed by atoms with Crippen molar-refractivity contribution >= 4 is 50.3 Å². The number of fused-ring (bicyclic) bond motifs is 1. The lowest BCUT2D eigenvalue weighted by atomic mass is 10.2. The molecule has 0 fully saturated rings. The number of hydrogen-bond acceptors (Lipinski definition) is 3. The number of benzene rings is 3. The highest BCUT2D eigenvalue weighted by Gasteiger charge is 2.20. The maximum atomic E-state index is 13.0. The molecule has 0 atom stereocenters. The monoisotopic (exact) mass is 510 g/mol. The van der Waals surface area contributed by atoms with Crippen molar-refractivity contribution in [3.8, 4) is 28.5 Å². The summed E-state index contributed by atoms with van der Waals surface area (Å²) in [4.78, 5) is 25.2. The van der Waals surface area contributed by atoms with Crippen LogP contribution in [0.1, 0.15) is 0 Å². The summed E-state index contributed by atoms with van der Waals surface area (Å²) in [6, 6.07) is 22.5. The van der Waals surface area contributed by atoms with E-state index in [0.29, 0.717) is 32.9 Å². The van der Waals surface area contributed by atoms with Gasteiger partial charge < -0.3 is 4.98 Å². The smallest absolute Gasteiger partial charge is 0.279 e. The number of aromatic nitrogens is 4. The molecule has 5 rings (SSSR count). The molecule has 0 bridgehead atoms. The van der Waals surface area contributed by atoms with Gasteiger partial charge in [0, 0.05) is 26.3 Å². The molecule has 0 radical (unpaired) electrons. The summed E-state index contributed by atoms with van der Waals surface area (Å²) < 4.78 is 2.83. The number of H-pyrrole nitrogens is 1. The lowest BCUT2D eigenvalue weighted by Crippen LogP contribution is -2.10. The van der Waals surface area contributed by atoms with Crippen molar-refractivity contribution in [1.29, 1.82) is 0 Å². The summed E-state index contributed by atoms with van der Waals surface area (Å²) in [6.45, 7) is 0. The number of nitrogens with one attached hydrogen (secondary N) is 1. The normalized spacial score (nSPS) is 11.2. The van der Waals surface area contributed by atoms with Crippen molar-refractivity contribution in [3.05, 3.63) is 97.7 Å². The largest absolute Gasteiger partial charge is 0.304 e. The fourth-order valence-electron chi connectivity index (χ4n) is 3.39. The van der Waals surface area contributed by atoms with Gasteiger partial charge in [0.15, 0.2) is 11.2 Å². The molecule has 2 heterocycles. The molecule has 31 heavy (non-hydrogen) atoms. The van der Waals surface area contributed by atoms with Crippen molar-refractivity contribution < 1.29 is 0 Å². The van der Waals surface area contributed by atoms with Crippen LogP contribution in [-0.2, 0) is 0 Å². The number of halogens is 3. The molecule has 2 aromatic heterocycles.